The van der Waals surface area contributed by atoms with Crippen molar-refractivity contribution in [2.45, 2.75) is 0 Å². The van der Waals surface area contributed by atoms with Crippen molar-refractivity contribution < 1.29 is 19.1 Å². The molecule has 4 nitrogen and oxygen atoms in total. The summed E-state index contributed by atoms with van der Waals surface area (Å²) in [6, 6.07) is 0. The van der Waals surface area contributed by atoms with E-state index in [0.717, 1.165) is 0 Å². The summed E-state index contributed by atoms with van der Waals surface area (Å²) in [6.45, 7) is -1.52. The van der Waals surface area contributed by atoms with Crippen LogP contribution < -0.4 is 0 Å². The van der Waals surface area contributed by atoms with Gasteiger partial charge in [0.05, 0.1) is 0 Å². The first-order chi connectivity index (χ1) is 3.92. The highest BCUT2D eigenvalue weighted by molar-refractivity contribution is 8.09. The fourth-order valence-corrected chi connectivity index (χ4v) is 1.46. The van der Waals surface area contributed by atoms with Crippen LogP contribution in [-0.2, 0) is 33.0 Å². The molecule has 0 aromatic heterocycles. The Hall–Kier alpha value is 1.14. The van der Waals surface area contributed by atoms with Gasteiger partial charge in [-0.05, 0) is 23.6 Å². The molecule has 0 aliphatic carbocycles. The van der Waals surface area contributed by atoms with Crippen LogP contribution in [0.25, 0.3) is 0 Å². The van der Waals surface area contributed by atoms with E-state index in [0.29, 0.717) is 0 Å². The van der Waals surface area contributed by atoms with Crippen LogP contribution in [-0.4, -0.2) is 16.5 Å². The van der Waals surface area contributed by atoms with Crippen LogP contribution in [0.15, 0.2) is 0 Å². The summed E-state index contributed by atoms with van der Waals surface area (Å²) in [5.41, 5.74) is 0. The van der Waals surface area contributed by atoms with Gasteiger partial charge in [0.15, 0.2) is 0 Å². The van der Waals surface area contributed by atoms with Crippen LogP contribution >= 0.6 is 13.6 Å². The zero-order valence-electron chi connectivity index (χ0n) is 4.47. The van der Waals surface area contributed by atoms with Crippen molar-refractivity contribution in [2.75, 3.05) is 6.66 Å². The summed E-state index contributed by atoms with van der Waals surface area (Å²) < 4.78 is 8.24. The van der Waals surface area contributed by atoms with Gasteiger partial charge in [-0.3, -0.25) is 0 Å². The smallest absolute Gasteiger partial charge is 0.217 e. The Balaban J connectivity index is 3.53. The fourth-order valence-electron chi connectivity index (χ4n) is 0.101. The van der Waals surface area contributed by atoms with Crippen LogP contribution in [0.2, 0.25) is 0 Å². The number of rotatable bonds is 3. The van der Waals surface area contributed by atoms with Gasteiger partial charge in [-0.15, -0.1) is 0 Å². The molecule has 2 N–H and O–H groups in total. The predicted molar refractivity (Wildman–Crippen MR) is 42.5 cm³/mol. The maximum absolute atomic E-state index is 8.70. The lowest BCUT2D eigenvalue weighted by atomic mass is 12.0. The molecule has 2 atom stereocenters. The van der Waals surface area contributed by atoms with Crippen molar-refractivity contribution >= 4 is 37.3 Å². The molecule has 0 radical (unpaired) electrons. The van der Waals surface area contributed by atoms with Gasteiger partial charge in [-0.1, -0.05) is 0 Å². The molecule has 0 amide bonds. The molecule has 0 heterocycles. The van der Waals surface area contributed by atoms with Gasteiger partial charge < -0.3 is 9.79 Å². The minimum atomic E-state index is -2.81. The third kappa shape index (κ3) is 9.14. The molecule has 56 valence electrons. The third-order valence-corrected chi connectivity index (χ3v) is 1.35. The normalized spacial score (nSPS) is 20.8. The van der Waals surface area contributed by atoms with Crippen LogP contribution in [0.1, 0.15) is 0 Å². The van der Waals surface area contributed by atoms with Crippen molar-refractivity contribution in [1.82, 2.24) is 0 Å². The first-order valence-corrected chi connectivity index (χ1v) is 7.42. The maximum Gasteiger partial charge on any atom is 0.217 e. The largest absolute Gasteiger partial charge is 0.345 e. The van der Waals surface area contributed by atoms with Gasteiger partial charge in [0, 0.05) is 6.66 Å². The maximum atomic E-state index is 8.70. The Kier molecular flexibility index (Phi) is 4.63. The van der Waals surface area contributed by atoms with Crippen molar-refractivity contribution in [1.29, 1.82) is 0 Å². The molecule has 0 aromatic rings. The fraction of sp³-hybridized carbons (Fsp3) is 1.00. The van der Waals surface area contributed by atoms with Crippen LogP contribution in [0.4, 0.5) is 0 Å². The summed E-state index contributed by atoms with van der Waals surface area (Å²) in [5, 5.41) is 0. The molecule has 8 heteroatoms. The number of hydrogen-bond acceptors (Lipinski definition) is 4. The third-order valence-electron chi connectivity index (χ3n) is 0.247. The van der Waals surface area contributed by atoms with Crippen LogP contribution in [0.5, 0.6) is 0 Å². The van der Waals surface area contributed by atoms with E-state index < -0.39 is 13.6 Å². The van der Waals surface area contributed by atoms with Crippen LogP contribution in [0, 0.1) is 0 Å². The monoisotopic (exact) mass is 208 g/mol. The highest BCUT2D eigenvalue weighted by atomic mass is 32.5. The number of hydrogen-bond donors (Lipinski definition) is 2. The molecule has 0 spiro atoms. The lowest BCUT2D eigenvalue weighted by molar-refractivity contribution is -0.0910. The SMILES string of the molecule is CP(O)(=S)OO[PH](O)=S. The van der Waals surface area contributed by atoms with Gasteiger partial charge in [-0.2, -0.15) is 9.35 Å². The van der Waals surface area contributed by atoms with E-state index in [9.17, 15) is 0 Å². The Bertz CT molecular complexity index is 151. The second-order valence-corrected chi connectivity index (χ2v) is 6.76. The van der Waals surface area contributed by atoms with E-state index in [4.69, 9.17) is 9.79 Å². The van der Waals surface area contributed by atoms with Crippen molar-refractivity contribution in [3.05, 3.63) is 0 Å². The molecule has 2 unspecified atom stereocenters. The Morgan fingerprint density at radius 3 is 2.22 bits per heavy atom. The minimum Gasteiger partial charge on any atom is -0.345 e. The molecule has 0 aliphatic heterocycles. The van der Waals surface area contributed by atoms with Crippen molar-refractivity contribution in [3.63, 3.8) is 0 Å². The van der Waals surface area contributed by atoms with Crippen molar-refractivity contribution in [3.8, 4) is 0 Å². The standard InChI is InChI=1S/CH6O4P2S2/c1-7(3,9)5-4-6(2)8/h6H,1H3,(H,2,8)(H,3,9). The molecule has 0 rings (SSSR count). The molecule has 0 aliphatic rings. The zero-order valence-corrected chi connectivity index (χ0v) is 8.00. The van der Waals surface area contributed by atoms with Gasteiger partial charge >= 0.3 is 0 Å². The minimum absolute atomic E-state index is 1.29. The van der Waals surface area contributed by atoms with Gasteiger partial charge in [0.25, 0.3) is 0 Å². The zero-order chi connectivity index (χ0) is 7.49. The van der Waals surface area contributed by atoms with E-state index in [1.165, 1.54) is 6.66 Å². The molecule has 9 heavy (non-hydrogen) atoms. The first-order valence-electron chi connectivity index (χ1n) is 1.81. The summed E-state index contributed by atoms with van der Waals surface area (Å²) in [7, 11) is -2.31. The van der Waals surface area contributed by atoms with Gasteiger partial charge in [-0.25, -0.2) is 0 Å². The van der Waals surface area contributed by atoms with E-state index in [1.54, 1.807) is 0 Å². The van der Waals surface area contributed by atoms with E-state index >= 15 is 0 Å². The molecule has 0 saturated carbocycles. The van der Waals surface area contributed by atoms with E-state index in [1.807, 2.05) is 0 Å². The lowest BCUT2D eigenvalue weighted by Gasteiger charge is -2.06. The Morgan fingerprint density at radius 1 is 1.67 bits per heavy atom. The summed E-state index contributed by atoms with van der Waals surface area (Å²) in [6.07, 6.45) is 0. The topological polar surface area (TPSA) is 58.9 Å². The average Bonchev–Trinajstić information content (AvgIpc) is 1.59. The van der Waals surface area contributed by atoms with Crippen LogP contribution in [0.3, 0.4) is 0 Å². The molecule has 0 aromatic carbocycles. The Labute approximate surface area is 63.5 Å². The molecular weight excluding hydrogens is 202 g/mol. The predicted octanol–water partition coefficient (Wildman–Crippen LogP) is 0.365. The highest BCUT2D eigenvalue weighted by Gasteiger charge is 2.05. The first kappa shape index (κ1) is 10.1. The van der Waals surface area contributed by atoms with Crippen molar-refractivity contribution in [2.24, 2.45) is 0 Å². The second kappa shape index (κ2) is 4.11. The molecule has 0 bridgehead atoms. The average molecular weight is 208 g/mol. The van der Waals surface area contributed by atoms with E-state index in [2.05, 4.69) is 33.0 Å². The molecule has 0 fully saturated rings. The second-order valence-electron chi connectivity index (χ2n) is 1.23. The summed E-state index contributed by atoms with van der Waals surface area (Å²) in [4.78, 5) is 17.0. The highest BCUT2D eigenvalue weighted by Crippen LogP contribution is 2.40. The van der Waals surface area contributed by atoms with E-state index in [-0.39, 0.29) is 0 Å². The Morgan fingerprint density at radius 2 is 2.11 bits per heavy atom. The summed E-state index contributed by atoms with van der Waals surface area (Å²) in [5.74, 6) is 0. The summed E-state index contributed by atoms with van der Waals surface area (Å²) >= 11 is 8.60. The quantitative estimate of drug-likeness (QED) is 0.397. The lowest BCUT2D eigenvalue weighted by Crippen LogP contribution is -1.81. The van der Waals surface area contributed by atoms with Gasteiger partial charge in [0.2, 0.25) is 13.6 Å². The molecule has 0 saturated heterocycles. The molecular formula is CH6O4P2S2. The van der Waals surface area contributed by atoms with Gasteiger partial charge in [0.1, 0.15) is 0 Å².